The summed E-state index contributed by atoms with van der Waals surface area (Å²) in [5.74, 6) is 2.10. The normalized spacial score (nSPS) is 12.2. The Morgan fingerprint density at radius 2 is 1.90 bits per heavy atom. The first kappa shape index (κ1) is 23.2. The quantitative estimate of drug-likeness (QED) is 0.247. The van der Waals surface area contributed by atoms with Crippen LogP contribution in [0.1, 0.15) is 16.5 Å². The predicted octanol–water partition coefficient (Wildman–Crippen LogP) is 3.94. The first-order chi connectivity index (χ1) is 13.6. The molecule has 0 aliphatic heterocycles. The van der Waals surface area contributed by atoms with E-state index < -0.39 is 6.10 Å². The van der Waals surface area contributed by atoms with Crippen molar-refractivity contribution in [2.24, 2.45) is 4.99 Å². The van der Waals surface area contributed by atoms with Gasteiger partial charge in [0, 0.05) is 41.3 Å². The smallest absolute Gasteiger partial charge is 0.191 e. The van der Waals surface area contributed by atoms with E-state index in [-0.39, 0.29) is 24.0 Å². The molecule has 0 amide bonds. The Morgan fingerprint density at radius 3 is 2.59 bits per heavy atom. The number of ether oxygens (including phenoxy) is 2. The number of methoxy groups -OCH3 is 2. The van der Waals surface area contributed by atoms with E-state index in [2.05, 4.69) is 27.8 Å². The summed E-state index contributed by atoms with van der Waals surface area (Å²) in [6.07, 6.45) is -0.605. The lowest BCUT2D eigenvalue weighted by Gasteiger charge is -2.16. The van der Waals surface area contributed by atoms with Crippen molar-refractivity contribution in [3.63, 3.8) is 0 Å². The van der Waals surface area contributed by atoms with Gasteiger partial charge in [-0.15, -0.1) is 35.3 Å². The largest absolute Gasteiger partial charge is 0.497 e. The lowest BCUT2D eigenvalue weighted by atomic mass is 10.2. The standard InChI is InChI=1S/C21H25N3O3S.HI/c1-22-21(23-12-15-8-9-16(26-2)11-18(15)27-3)24-13-17(25)20-10-14-6-4-5-7-19(14)28-20;/h4-11,17,25H,12-13H2,1-3H3,(H2,22,23,24);1H. The molecule has 6 nitrogen and oxygen atoms in total. The Kier molecular flexibility index (Phi) is 8.99. The first-order valence-electron chi connectivity index (χ1n) is 8.96. The van der Waals surface area contributed by atoms with Crippen LogP contribution in [0.4, 0.5) is 0 Å². The molecule has 8 heteroatoms. The fraction of sp³-hybridized carbons (Fsp3) is 0.286. The van der Waals surface area contributed by atoms with Crippen LogP contribution in [0.5, 0.6) is 11.5 Å². The number of hydrogen-bond acceptors (Lipinski definition) is 5. The van der Waals surface area contributed by atoms with Crippen molar-refractivity contribution >= 4 is 51.4 Å². The highest BCUT2D eigenvalue weighted by atomic mass is 127. The minimum atomic E-state index is -0.605. The van der Waals surface area contributed by atoms with Crippen LogP contribution in [0.3, 0.4) is 0 Å². The van der Waals surface area contributed by atoms with Crippen molar-refractivity contribution in [3.05, 3.63) is 59.0 Å². The van der Waals surface area contributed by atoms with Crippen molar-refractivity contribution in [2.45, 2.75) is 12.6 Å². The maximum Gasteiger partial charge on any atom is 0.191 e. The second-order valence-corrected chi connectivity index (χ2v) is 7.30. The van der Waals surface area contributed by atoms with Crippen molar-refractivity contribution < 1.29 is 14.6 Å². The fourth-order valence-electron chi connectivity index (χ4n) is 2.86. The molecule has 1 atom stereocenters. The molecule has 0 spiro atoms. The zero-order valence-corrected chi connectivity index (χ0v) is 19.8. The number of halogens is 1. The van der Waals surface area contributed by atoms with Crippen LogP contribution in [0.2, 0.25) is 0 Å². The van der Waals surface area contributed by atoms with Gasteiger partial charge in [0.15, 0.2) is 5.96 Å². The maximum atomic E-state index is 10.5. The molecule has 0 fully saturated rings. The zero-order chi connectivity index (χ0) is 19.9. The van der Waals surface area contributed by atoms with E-state index in [4.69, 9.17) is 9.47 Å². The number of aliphatic hydroxyl groups excluding tert-OH is 1. The van der Waals surface area contributed by atoms with Crippen molar-refractivity contribution in [1.82, 2.24) is 10.6 Å². The zero-order valence-electron chi connectivity index (χ0n) is 16.6. The molecule has 0 radical (unpaired) electrons. The summed E-state index contributed by atoms with van der Waals surface area (Å²) >= 11 is 1.60. The Balaban J connectivity index is 0.00000300. The Labute approximate surface area is 192 Å². The van der Waals surface area contributed by atoms with Gasteiger partial charge < -0.3 is 25.2 Å². The summed E-state index contributed by atoms with van der Waals surface area (Å²) in [5.41, 5.74) is 0.983. The Bertz CT molecular complexity index is 928. The predicted molar refractivity (Wildman–Crippen MR) is 130 cm³/mol. The number of fused-ring (bicyclic) bond motifs is 1. The number of benzene rings is 2. The van der Waals surface area contributed by atoms with Gasteiger partial charge in [-0.3, -0.25) is 4.99 Å². The highest BCUT2D eigenvalue weighted by molar-refractivity contribution is 14.0. The summed E-state index contributed by atoms with van der Waals surface area (Å²) in [7, 11) is 4.96. The molecule has 1 unspecified atom stereocenters. The van der Waals surface area contributed by atoms with Gasteiger partial charge in [0.2, 0.25) is 0 Å². The van der Waals surface area contributed by atoms with Crippen LogP contribution >= 0.6 is 35.3 Å². The number of thiophene rings is 1. The van der Waals surface area contributed by atoms with Gasteiger partial charge >= 0.3 is 0 Å². The molecule has 3 rings (SSSR count). The number of nitrogens with zero attached hydrogens (tertiary/aromatic N) is 1. The van der Waals surface area contributed by atoms with Crippen molar-refractivity contribution in [1.29, 1.82) is 0 Å². The van der Waals surface area contributed by atoms with E-state index in [1.165, 1.54) is 4.70 Å². The van der Waals surface area contributed by atoms with Gasteiger partial charge in [0.05, 0.1) is 14.2 Å². The lowest BCUT2D eigenvalue weighted by molar-refractivity contribution is 0.184. The second kappa shape index (κ2) is 11.2. The molecule has 0 saturated heterocycles. The summed E-state index contributed by atoms with van der Waals surface area (Å²) in [6.45, 7) is 0.901. The summed E-state index contributed by atoms with van der Waals surface area (Å²) < 4.78 is 11.8. The number of aliphatic imine (C=N–C) groups is 1. The minimum Gasteiger partial charge on any atom is -0.497 e. The molecule has 1 aromatic heterocycles. The number of nitrogens with one attached hydrogen (secondary N) is 2. The average Bonchev–Trinajstić information content (AvgIpc) is 3.18. The van der Waals surface area contributed by atoms with E-state index >= 15 is 0 Å². The van der Waals surface area contributed by atoms with Gasteiger partial charge in [-0.2, -0.15) is 0 Å². The third-order valence-corrected chi connectivity index (χ3v) is 5.62. The van der Waals surface area contributed by atoms with E-state index in [1.54, 1.807) is 32.6 Å². The second-order valence-electron chi connectivity index (χ2n) is 6.19. The third-order valence-electron chi connectivity index (χ3n) is 4.40. The van der Waals surface area contributed by atoms with Crippen LogP contribution in [0.15, 0.2) is 53.5 Å². The van der Waals surface area contributed by atoms with E-state index in [0.717, 1.165) is 27.3 Å². The summed E-state index contributed by atoms with van der Waals surface area (Å²) in [5, 5.41) is 18.1. The minimum absolute atomic E-state index is 0. The van der Waals surface area contributed by atoms with Gasteiger partial charge in [-0.1, -0.05) is 18.2 Å². The molecule has 0 aliphatic rings. The molecule has 1 heterocycles. The molecule has 3 aromatic rings. The summed E-state index contributed by atoms with van der Waals surface area (Å²) in [4.78, 5) is 5.15. The van der Waals surface area contributed by atoms with Crippen LogP contribution in [-0.2, 0) is 6.54 Å². The molecular weight excluding hydrogens is 501 g/mol. The van der Waals surface area contributed by atoms with Crippen molar-refractivity contribution in [3.8, 4) is 11.5 Å². The lowest BCUT2D eigenvalue weighted by Crippen LogP contribution is -2.38. The van der Waals surface area contributed by atoms with Gasteiger partial charge in [0.25, 0.3) is 0 Å². The SMILES string of the molecule is CN=C(NCc1ccc(OC)cc1OC)NCC(O)c1cc2ccccc2s1.I. The molecular formula is C21H26IN3O3S. The number of aliphatic hydroxyl groups is 1. The molecule has 156 valence electrons. The monoisotopic (exact) mass is 527 g/mol. The molecule has 0 bridgehead atoms. The molecule has 0 aliphatic carbocycles. The van der Waals surface area contributed by atoms with Crippen molar-refractivity contribution in [2.75, 3.05) is 27.8 Å². The fourth-order valence-corrected chi connectivity index (χ4v) is 3.91. The van der Waals surface area contributed by atoms with E-state index in [1.807, 2.05) is 36.4 Å². The number of guanidine groups is 1. The topological polar surface area (TPSA) is 75.1 Å². The highest BCUT2D eigenvalue weighted by Crippen LogP contribution is 2.29. The van der Waals surface area contributed by atoms with E-state index in [0.29, 0.717) is 19.0 Å². The van der Waals surface area contributed by atoms with Crippen LogP contribution in [0.25, 0.3) is 10.1 Å². The third kappa shape index (κ3) is 5.97. The molecule has 0 saturated carbocycles. The molecule has 29 heavy (non-hydrogen) atoms. The van der Waals surface area contributed by atoms with Gasteiger partial charge in [-0.25, -0.2) is 0 Å². The first-order valence-corrected chi connectivity index (χ1v) is 9.78. The maximum absolute atomic E-state index is 10.5. The van der Waals surface area contributed by atoms with Gasteiger partial charge in [-0.05, 0) is 29.7 Å². The van der Waals surface area contributed by atoms with Crippen LogP contribution < -0.4 is 20.1 Å². The number of rotatable bonds is 7. The molecule has 3 N–H and O–H groups in total. The Morgan fingerprint density at radius 1 is 1.10 bits per heavy atom. The summed E-state index contributed by atoms with van der Waals surface area (Å²) in [6, 6.07) is 15.8. The number of hydrogen-bond donors (Lipinski definition) is 3. The highest BCUT2D eigenvalue weighted by Gasteiger charge is 2.12. The van der Waals surface area contributed by atoms with Gasteiger partial charge in [0.1, 0.15) is 17.6 Å². The van der Waals surface area contributed by atoms with Crippen LogP contribution in [0, 0.1) is 0 Å². The van der Waals surface area contributed by atoms with E-state index in [9.17, 15) is 5.11 Å². The Hall–Kier alpha value is -2.04. The molecule has 2 aromatic carbocycles. The average molecular weight is 527 g/mol. The van der Waals surface area contributed by atoms with Crippen LogP contribution in [-0.4, -0.2) is 38.9 Å².